The molecule has 154 valence electrons. The average molecular weight is 416 g/mol. The Balaban J connectivity index is 1.88. The second kappa shape index (κ2) is 8.67. The van der Waals surface area contributed by atoms with Gasteiger partial charge in [-0.2, -0.15) is 4.98 Å². The van der Waals surface area contributed by atoms with Gasteiger partial charge >= 0.3 is 7.60 Å². The summed E-state index contributed by atoms with van der Waals surface area (Å²) >= 11 is 0. The van der Waals surface area contributed by atoms with Crippen molar-refractivity contribution in [1.29, 1.82) is 0 Å². The Bertz CT molecular complexity index is 1010. The minimum Gasteiger partial charge on any atom is -0.419 e. The van der Waals surface area contributed by atoms with Crippen LogP contribution in [0.25, 0.3) is 22.2 Å². The van der Waals surface area contributed by atoms with E-state index in [0.29, 0.717) is 38.1 Å². The molecule has 1 aliphatic heterocycles. The van der Waals surface area contributed by atoms with Crippen molar-refractivity contribution in [1.82, 2.24) is 4.98 Å². The molecule has 0 radical (unpaired) electrons. The van der Waals surface area contributed by atoms with Crippen molar-refractivity contribution in [2.75, 3.05) is 44.4 Å². The van der Waals surface area contributed by atoms with Gasteiger partial charge in [-0.25, -0.2) is 0 Å². The molecule has 0 spiro atoms. The van der Waals surface area contributed by atoms with Crippen LogP contribution in [-0.4, -0.2) is 44.5 Å². The summed E-state index contributed by atoms with van der Waals surface area (Å²) in [6, 6.07) is 14.0. The maximum absolute atomic E-state index is 13.6. The predicted octanol–water partition coefficient (Wildman–Crippen LogP) is 4.22. The average Bonchev–Trinajstić information content (AvgIpc) is 3.20. The molecule has 0 atom stereocenters. The van der Waals surface area contributed by atoms with Crippen LogP contribution in [-0.2, 0) is 18.3 Å². The normalized spacial score (nSPS) is 15.2. The maximum Gasteiger partial charge on any atom is 0.385 e. The molecule has 0 bridgehead atoms. The lowest BCUT2D eigenvalue weighted by Gasteiger charge is -2.27. The number of oxazole rings is 1. The van der Waals surface area contributed by atoms with Crippen LogP contribution >= 0.6 is 7.60 Å². The van der Waals surface area contributed by atoms with E-state index in [9.17, 15) is 4.57 Å². The van der Waals surface area contributed by atoms with Gasteiger partial charge in [-0.1, -0.05) is 36.4 Å². The molecule has 29 heavy (non-hydrogen) atoms. The number of anilines is 1. The lowest BCUT2D eigenvalue weighted by molar-refractivity contribution is 0.121. The summed E-state index contributed by atoms with van der Waals surface area (Å²) in [5.74, 6) is 0.833. The number of aromatic nitrogens is 1. The van der Waals surface area contributed by atoms with Crippen molar-refractivity contribution in [2.45, 2.75) is 13.8 Å². The van der Waals surface area contributed by atoms with Gasteiger partial charge in [0.15, 0.2) is 0 Å². The lowest BCUT2D eigenvalue weighted by atomic mass is 10.0. The van der Waals surface area contributed by atoms with E-state index in [1.165, 1.54) is 0 Å². The number of hydrogen-bond acceptors (Lipinski definition) is 7. The van der Waals surface area contributed by atoms with Crippen LogP contribution in [0.5, 0.6) is 0 Å². The number of morpholine rings is 1. The van der Waals surface area contributed by atoms with Crippen molar-refractivity contribution in [3.8, 4) is 11.5 Å². The molecule has 1 aromatic heterocycles. The summed E-state index contributed by atoms with van der Waals surface area (Å²) in [7, 11) is -3.62. The third-order valence-corrected chi connectivity index (χ3v) is 6.77. The molecule has 0 unspecified atom stereocenters. The Kier molecular flexibility index (Phi) is 6.01. The summed E-state index contributed by atoms with van der Waals surface area (Å²) in [6.45, 7) is 6.43. The fourth-order valence-corrected chi connectivity index (χ4v) is 5.11. The molecular formula is C21H25N2O5P. The highest BCUT2D eigenvalue weighted by Gasteiger charge is 2.38. The molecule has 8 heteroatoms. The maximum atomic E-state index is 13.6. The zero-order chi connectivity index (χ0) is 20.3. The second-order valence-corrected chi connectivity index (χ2v) is 8.54. The quantitative estimate of drug-likeness (QED) is 0.534. The van der Waals surface area contributed by atoms with E-state index in [4.69, 9.17) is 18.2 Å². The van der Waals surface area contributed by atoms with Gasteiger partial charge in [0.2, 0.25) is 17.2 Å². The Hall–Kier alpha value is -2.18. The molecule has 7 nitrogen and oxygen atoms in total. The summed E-state index contributed by atoms with van der Waals surface area (Å²) < 4.78 is 36.4. The van der Waals surface area contributed by atoms with Gasteiger partial charge in [-0.05, 0) is 30.7 Å². The number of hydrogen-bond donors (Lipinski definition) is 0. The first-order chi connectivity index (χ1) is 14.2. The molecule has 1 aliphatic rings. The number of ether oxygens (including phenoxy) is 1. The smallest absolute Gasteiger partial charge is 0.385 e. The Morgan fingerprint density at radius 3 is 2.45 bits per heavy atom. The number of nitrogens with zero attached hydrogens (tertiary/aromatic N) is 2. The summed E-state index contributed by atoms with van der Waals surface area (Å²) in [5, 5.41) is 2.09. The van der Waals surface area contributed by atoms with E-state index in [2.05, 4.69) is 4.98 Å². The molecule has 3 aromatic rings. The van der Waals surface area contributed by atoms with E-state index >= 15 is 0 Å². The zero-order valence-corrected chi connectivity index (χ0v) is 17.6. The van der Waals surface area contributed by atoms with Gasteiger partial charge in [-0.15, -0.1) is 0 Å². The number of rotatable bonds is 7. The van der Waals surface area contributed by atoms with Crippen molar-refractivity contribution >= 4 is 29.7 Å². The number of benzene rings is 2. The highest BCUT2D eigenvalue weighted by atomic mass is 31.2. The highest BCUT2D eigenvalue weighted by Crippen LogP contribution is 2.50. The van der Waals surface area contributed by atoms with Gasteiger partial charge in [0, 0.05) is 18.7 Å². The molecular weight excluding hydrogens is 391 g/mol. The lowest BCUT2D eigenvalue weighted by Crippen LogP contribution is -2.38. The SMILES string of the molecule is CCOP(=O)(OCC)c1nc(-c2cccc3ccccc23)oc1N1CCOCC1. The first-order valence-electron chi connectivity index (χ1n) is 9.87. The van der Waals surface area contributed by atoms with Crippen LogP contribution in [0.4, 0.5) is 5.88 Å². The molecule has 2 heterocycles. The van der Waals surface area contributed by atoms with E-state index in [1.807, 2.05) is 47.4 Å². The van der Waals surface area contributed by atoms with Gasteiger partial charge in [-0.3, -0.25) is 4.57 Å². The third-order valence-electron chi connectivity index (χ3n) is 4.77. The Labute approximate surface area is 170 Å². The van der Waals surface area contributed by atoms with E-state index in [-0.39, 0.29) is 18.6 Å². The van der Waals surface area contributed by atoms with Crippen molar-refractivity contribution in [3.05, 3.63) is 42.5 Å². The minimum absolute atomic E-state index is 0.228. The summed E-state index contributed by atoms with van der Waals surface area (Å²) in [6.07, 6.45) is 0. The predicted molar refractivity (Wildman–Crippen MR) is 113 cm³/mol. The zero-order valence-electron chi connectivity index (χ0n) is 16.7. The van der Waals surface area contributed by atoms with Gasteiger partial charge in [0.25, 0.3) is 0 Å². The molecule has 1 saturated heterocycles. The summed E-state index contributed by atoms with van der Waals surface area (Å²) in [5.41, 5.74) is 1.06. The third kappa shape index (κ3) is 3.96. The minimum atomic E-state index is -3.62. The molecule has 4 rings (SSSR count). The highest BCUT2D eigenvalue weighted by molar-refractivity contribution is 7.62. The first-order valence-corrected chi connectivity index (χ1v) is 11.4. The fourth-order valence-electron chi connectivity index (χ4n) is 3.48. The first kappa shape index (κ1) is 20.1. The van der Waals surface area contributed by atoms with Crippen LogP contribution in [0.1, 0.15) is 13.8 Å². The van der Waals surface area contributed by atoms with E-state index in [1.54, 1.807) is 13.8 Å². The van der Waals surface area contributed by atoms with Gasteiger partial charge in [0.05, 0.1) is 26.4 Å². The fraction of sp³-hybridized carbons (Fsp3) is 0.381. The molecule has 0 amide bonds. The van der Waals surface area contributed by atoms with Crippen molar-refractivity contribution < 1.29 is 22.8 Å². The Morgan fingerprint density at radius 1 is 1.03 bits per heavy atom. The van der Waals surface area contributed by atoms with Crippen molar-refractivity contribution in [2.24, 2.45) is 0 Å². The Morgan fingerprint density at radius 2 is 1.72 bits per heavy atom. The van der Waals surface area contributed by atoms with Crippen molar-refractivity contribution in [3.63, 3.8) is 0 Å². The molecule has 1 fully saturated rings. The largest absolute Gasteiger partial charge is 0.419 e. The number of fused-ring (bicyclic) bond motifs is 1. The molecule has 0 saturated carbocycles. The molecule has 2 aromatic carbocycles. The molecule has 0 N–H and O–H groups in total. The topological polar surface area (TPSA) is 74.0 Å². The van der Waals surface area contributed by atoms with E-state index in [0.717, 1.165) is 16.3 Å². The van der Waals surface area contributed by atoms with Crippen LogP contribution < -0.4 is 10.3 Å². The monoisotopic (exact) mass is 416 g/mol. The second-order valence-electron chi connectivity index (χ2n) is 6.61. The molecule has 0 aliphatic carbocycles. The standard InChI is InChI=1S/C21H25N2O5P/c1-3-26-29(24,27-4-2)20-21(23-12-14-25-15-13-23)28-19(22-20)18-11-7-9-16-8-5-6-10-17(16)18/h5-11H,3-4,12-15H2,1-2H3. The van der Waals surface area contributed by atoms with Crippen LogP contribution in [0, 0.1) is 0 Å². The van der Waals surface area contributed by atoms with E-state index < -0.39 is 7.60 Å². The van der Waals surface area contributed by atoms with Gasteiger partial charge in [0.1, 0.15) is 0 Å². The van der Waals surface area contributed by atoms with Crippen LogP contribution in [0.2, 0.25) is 0 Å². The van der Waals surface area contributed by atoms with Crippen LogP contribution in [0.15, 0.2) is 46.9 Å². The van der Waals surface area contributed by atoms with Crippen LogP contribution in [0.3, 0.4) is 0 Å². The van der Waals surface area contributed by atoms with Gasteiger partial charge < -0.3 is 23.1 Å². The summed E-state index contributed by atoms with van der Waals surface area (Å²) in [4.78, 5) is 6.64.